The number of hydrogen-bond acceptors (Lipinski definition) is 4. The number of hydrogen-bond donors (Lipinski definition) is 2. The second kappa shape index (κ2) is 19.5. The summed E-state index contributed by atoms with van der Waals surface area (Å²) in [5.74, 6) is 0.705. The van der Waals surface area contributed by atoms with Gasteiger partial charge in [0.2, 0.25) is 5.91 Å². The first-order valence-electron chi connectivity index (χ1n) is 12.7. The molecule has 0 saturated carbocycles. The van der Waals surface area contributed by atoms with Gasteiger partial charge in [0, 0.05) is 54.2 Å². The van der Waals surface area contributed by atoms with Crippen molar-refractivity contribution in [3.63, 3.8) is 0 Å². The van der Waals surface area contributed by atoms with Crippen LogP contribution < -0.4 is 5.32 Å². The topological polar surface area (TPSA) is 102 Å². The van der Waals surface area contributed by atoms with Gasteiger partial charge in [-0.2, -0.15) is 0 Å². The number of carbonyl (C=O) groups excluding carboxylic acids is 1. The van der Waals surface area contributed by atoms with Crippen LogP contribution in [0.15, 0.2) is 60.9 Å². The molecule has 0 bridgehead atoms. The summed E-state index contributed by atoms with van der Waals surface area (Å²) in [6, 6.07) is 14.8. The SMILES string of the molecule is CCCCNC(=O)Cc1cn(C)c(-c2ccc(Cl)cc2)n1.Cn1cc(CC(=O)O)nc1-c1ccc(Cl)cc1.[I][V]([I])[I]. The Bertz CT molecular complexity index is 1430. The number of carbonyl (C=O) groups is 2. The van der Waals surface area contributed by atoms with E-state index in [0.717, 1.165) is 47.9 Å². The summed E-state index contributed by atoms with van der Waals surface area (Å²) in [7, 11) is 3.76. The van der Waals surface area contributed by atoms with Crippen LogP contribution in [0.25, 0.3) is 22.8 Å². The number of aliphatic carboxylic acids is 1. The van der Waals surface area contributed by atoms with Crippen LogP contribution in [0.1, 0.15) is 31.2 Å². The van der Waals surface area contributed by atoms with Crippen LogP contribution in [0.5, 0.6) is 0 Å². The predicted octanol–water partition coefficient (Wildman–Crippen LogP) is 8.22. The zero-order valence-electron chi connectivity index (χ0n) is 23.2. The number of unbranched alkanes of at least 4 members (excludes halogenated alkanes) is 1. The second-order valence-corrected chi connectivity index (χ2v) is 45.2. The van der Waals surface area contributed by atoms with Gasteiger partial charge in [-0.25, -0.2) is 9.97 Å². The van der Waals surface area contributed by atoms with E-state index in [9.17, 15) is 9.59 Å². The fourth-order valence-electron chi connectivity index (χ4n) is 3.75. The van der Waals surface area contributed by atoms with E-state index in [0.29, 0.717) is 22.2 Å². The number of carboxylic acid groups (broad SMARTS) is 1. The summed E-state index contributed by atoms with van der Waals surface area (Å²) in [6.45, 7) is 2.83. The van der Waals surface area contributed by atoms with Crippen LogP contribution in [0.4, 0.5) is 0 Å². The van der Waals surface area contributed by atoms with E-state index in [-0.39, 0.29) is 17.2 Å². The third-order valence-corrected chi connectivity index (χ3v) is 6.09. The Hall–Kier alpha value is -0.846. The number of halogens is 5. The molecule has 14 heteroatoms. The van der Waals surface area contributed by atoms with Crippen LogP contribution in [0.3, 0.4) is 0 Å². The number of amides is 1. The summed E-state index contributed by atoms with van der Waals surface area (Å²) in [6.07, 6.45) is 5.93. The third-order valence-electron chi connectivity index (χ3n) is 5.58. The molecule has 0 unspecified atom stereocenters. The van der Waals surface area contributed by atoms with Gasteiger partial charge in [-0.1, -0.05) is 36.5 Å². The normalized spacial score (nSPS) is 10.4. The second-order valence-electron chi connectivity index (χ2n) is 8.99. The van der Waals surface area contributed by atoms with E-state index in [4.69, 9.17) is 28.3 Å². The molecule has 2 aromatic carbocycles. The molecular formula is C28H31Cl2I3N5O3V. The number of aromatic nitrogens is 4. The monoisotopic (exact) mass is 987 g/mol. The van der Waals surface area contributed by atoms with Crippen molar-refractivity contribution in [2.75, 3.05) is 6.54 Å². The molecule has 2 N–H and O–H groups in total. The van der Waals surface area contributed by atoms with Crippen molar-refractivity contribution in [1.82, 2.24) is 24.4 Å². The molecule has 0 aliphatic rings. The van der Waals surface area contributed by atoms with Crippen molar-refractivity contribution >= 4 is 95.0 Å². The quantitative estimate of drug-likeness (QED) is 0.130. The number of carboxylic acids is 1. The Kier molecular flexibility index (Phi) is 17.4. The van der Waals surface area contributed by atoms with Crippen LogP contribution in [0, 0.1) is 0 Å². The van der Waals surface area contributed by atoms with E-state index in [1.165, 1.54) is 0 Å². The third kappa shape index (κ3) is 13.8. The maximum absolute atomic E-state index is 11.8. The molecule has 0 fully saturated rings. The first kappa shape index (κ1) is 37.3. The van der Waals surface area contributed by atoms with Crippen LogP contribution >= 0.6 is 83.1 Å². The fraction of sp³-hybridized carbons (Fsp3) is 0.286. The molecule has 2 heterocycles. The molecule has 4 aromatic rings. The number of benzene rings is 2. The average molecular weight is 988 g/mol. The van der Waals surface area contributed by atoms with E-state index in [1.54, 1.807) is 18.3 Å². The van der Waals surface area contributed by atoms with Crippen molar-refractivity contribution in [3.05, 3.63) is 82.4 Å². The van der Waals surface area contributed by atoms with Gasteiger partial charge in [-0.3, -0.25) is 9.59 Å². The summed E-state index contributed by atoms with van der Waals surface area (Å²) in [5.41, 5.74) is 3.22. The zero-order valence-corrected chi connectivity index (χ0v) is 32.6. The Morgan fingerprint density at radius 2 is 1.24 bits per heavy atom. The van der Waals surface area contributed by atoms with Crippen LogP contribution in [-0.2, 0) is 41.4 Å². The Labute approximate surface area is 294 Å². The molecular weight excluding hydrogens is 957 g/mol. The van der Waals surface area contributed by atoms with Crippen molar-refractivity contribution in [2.45, 2.75) is 32.6 Å². The molecule has 0 saturated heterocycles. The summed E-state index contributed by atoms with van der Waals surface area (Å²) >= 11 is 19.1. The van der Waals surface area contributed by atoms with Crippen molar-refractivity contribution in [2.24, 2.45) is 14.1 Å². The summed E-state index contributed by atoms with van der Waals surface area (Å²) in [4.78, 5) is 31.0. The Morgan fingerprint density at radius 3 is 1.62 bits per heavy atom. The molecule has 2 aromatic heterocycles. The fourth-order valence-corrected chi connectivity index (χ4v) is 4.00. The molecule has 0 atom stereocenters. The van der Waals surface area contributed by atoms with Gasteiger partial charge in [0.25, 0.3) is 0 Å². The number of nitrogens with one attached hydrogen (secondary N) is 1. The van der Waals surface area contributed by atoms with Gasteiger partial charge >= 0.3 is 70.8 Å². The number of nitrogens with zero attached hydrogens (tertiary/aromatic N) is 4. The summed E-state index contributed by atoms with van der Waals surface area (Å²) in [5, 5.41) is 13.0. The first-order chi connectivity index (χ1) is 19.9. The number of aryl methyl sites for hydroxylation is 2. The van der Waals surface area contributed by atoms with Gasteiger partial charge < -0.3 is 19.6 Å². The molecule has 0 aliphatic heterocycles. The molecule has 0 aliphatic carbocycles. The summed E-state index contributed by atoms with van der Waals surface area (Å²) < 4.78 is 3.74. The van der Waals surface area contributed by atoms with Crippen molar-refractivity contribution in [3.8, 4) is 22.8 Å². The number of imidazole rings is 2. The Morgan fingerprint density at radius 1 is 0.833 bits per heavy atom. The van der Waals surface area contributed by atoms with Gasteiger partial charge in [0.05, 0.1) is 24.2 Å². The standard InChI is InChI=1S/C16H20ClN3O.C12H11ClN2O2.3HI.V/c1-3-4-9-18-15(21)10-14-11-20(2)16(19-14)12-5-7-13(17)8-6-12;1-15-7-10(6-11(16)17)14-12(15)8-2-4-9(13)5-3-8;;;;/h5-8,11H,3-4,9-10H2,1-2H3,(H,18,21);2-5,7H,6H2,1H3,(H,16,17);3*1H;/q;;;;;+3/p-3. The van der Waals surface area contributed by atoms with Gasteiger partial charge in [0.15, 0.2) is 0 Å². The molecule has 1 amide bonds. The molecule has 0 radical (unpaired) electrons. The maximum atomic E-state index is 11.8. The van der Waals surface area contributed by atoms with E-state index >= 15 is 0 Å². The number of rotatable bonds is 9. The average Bonchev–Trinajstić information content (AvgIpc) is 3.45. The van der Waals surface area contributed by atoms with Crippen molar-refractivity contribution < 1.29 is 19.6 Å². The molecule has 42 heavy (non-hydrogen) atoms. The van der Waals surface area contributed by atoms with Crippen LogP contribution in [-0.4, -0.2) is 42.6 Å². The Balaban J connectivity index is 0.000000265. The van der Waals surface area contributed by atoms with Crippen molar-refractivity contribution in [1.29, 1.82) is 0 Å². The predicted molar refractivity (Wildman–Crippen MR) is 192 cm³/mol. The molecule has 4 rings (SSSR count). The van der Waals surface area contributed by atoms with E-state index in [1.807, 2.05) is 65.8 Å². The minimum absolute atomic E-state index is 0.0178. The van der Waals surface area contributed by atoms with E-state index < -0.39 is 5.97 Å². The van der Waals surface area contributed by atoms with Gasteiger partial charge in [-0.05, 0) is 55.0 Å². The van der Waals surface area contributed by atoms with E-state index in [2.05, 4.69) is 82.1 Å². The van der Waals surface area contributed by atoms with Crippen LogP contribution in [0.2, 0.25) is 10.0 Å². The minimum atomic E-state index is -0.884. The first-order valence-corrected chi connectivity index (χ1v) is 27.0. The zero-order chi connectivity index (χ0) is 31.2. The van der Waals surface area contributed by atoms with Gasteiger partial charge in [-0.15, -0.1) is 0 Å². The van der Waals surface area contributed by atoms with Gasteiger partial charge in [0.1, 0.15) is 11.6 Å². The molecule has 226 valence electrons. The molecule has 0 spiro atoms. The molecule has 8 nitrogen and oxygen atoms in total.